The number of carbonyl (C=O) groups excluding carboxylic acids is 1. The van der Waals surface area contributed by atoms with Gasteiger partial charge in [-0.2, -0.15) is 0 Å². The van der Waals surface area contributed by atoms with Crippen LogP contribution in [0.2, 0.25) is 0 Å². The molecule has 0 fully saturated rings. The largest absolute Gasteiger partial charge is 0.457 e. The predicted molar refractivity (Wildman–Crippen MR) is 109 cm³/mol. The van der Waals surface area contributed by atoms with Gasteiger partial charge in [-0.25, -0.2) is 4.98 Å². The van der Waals surface area contributed by atoms with E-state index in [9.17, 15) is 4.79 Å². The summed E-state index contributed by atoms with van der Waals surface area (Å²) in [7, 11) is 0. The second-order valence-electron chi connectivity index (χ2n) is 6.01. The minimum Gasteiger partial charge on any atom is -0.457 e. The molecule has 6 heteroatoms. The summed E-state index contributed by atoms with van der Waals surface area (Å²) >= 11 is 1.53. The Balaban J connectivity index is 1.39. The van der Waals surface area contributed by atoms with Crippen LogP contribution in [0.5, 0.6) is 11.5 Å². The highest BCUT2D eigenvalue weighted by Crippen LogP contribution is 2.23. The molecule has 1 amide bonds. The average Bonchev–Trinajstić information content (AvgIpc) is 3.23. The van der Waals surface area contributed by atoms with Gasteiger partial charge in [0.2, 0.25) is 0 Å². The molecule has 0 bridgehead atoms. The molecule has 1 N–H and O–H groups in total. The Hall–Kier alpha value is -3.51. The van der Waals surface area contributed by atoms with Crippen LogP contribution in [0.3, 0.4) is 0 Å². The summed E-state index contributed by atoms with van der Waals surface area (Å²) in [5.41, 5.74) is 2.32. The van der Waals surface area contributed by atoms with Crippen molar-refractivity contribution in [3.63, 3.8) is 0 Å². The molecule has 0 aliphatic carbocycles. The van der Waals surface area contributed by atoms with Crippen LogP contribution in [-0.4, -0.2) is 15.9 Å². The number of thiazole rings is 1. The Morgan fingerprint density at radius 1 is 1.00 bits per heavy atom. The van der Waals surface area contributed by atoms with Crippen molar-refractivity contribution in [1.29, 1.82) is 0 Å². The molecule has 0 atom stereocenters. The number of rotatable bonds is 6. The zero-order valence-corrected chi connectivity index (χ0v) is 15.7. The van der Waals surface area contributed by atoms with Crippen molar-refractivity contribution in [1.82, 2.24) is 15.3 Å². The van der Waals surface area contributed by atoms with Gasteiger partial charge in [-0.05, 0) is 42.5 Å². The second-order valence-corrected chi connectivity index (χ2v) is 6.87. The molecule has 4 rings (SSSR count). The Morgan fingerprint density at radius 3 is 2.68 bits per heavy atom. The lowest BCUT2D eigenvalue weighted by atomic mass is 10.2. The van der Waals surface area contributed by atoms with Gasteiger partial charge in [0.05, 0.1) is 12.2 Å². The van der Waals surface area contributed by atoms with Crippen LogP contribution >= 0.6 is 11.3 Å². The van der Waals surface area contributed by atoms with Gasteiger partial charge in [0.15, 0.2) is 0 Å². The molecule has 2 aromatic heterocycles. The number of hydrogen-bond donors (Lipinski definition) is 1. The van der Waals surface area contributed by atoms with Gasteiger partial charge in [0.1, 0.15) is 16.5 Å². The van der Waals surface area contributed by atoms with Crippen LogP contribution in [0.1, 0.15) is 16.1 Å². The van der Waals surface area contributed by atoms with Crippen molar-refractivity contribution in [3.8, 4) is 22.1 Å². The molecule has 2 heterocycles. The number of ether oxygens (including phenoxy) is 1. The summed E-state index contributed by atoms with van der Waals surface area (Å²) in [6.07, 6.45) is 3.51. The summed E-state index contributed by atoms with van der Waals surface area (Å²) in [5.74, 6) is 1.17. The minimum absolute atomic E-state index is 0.172. The Morgan fingerprint density at radius 2 is 1.86 bits per heavy atom. The summed E-state index contributed by atoms with van der Waals surface area (Å²) in [6.45, 7) is 0.360. The molecule has 2 aromatic carbocycles. The summed E-state index contributed by atoms with van der Waals surface area (Å²) in [4.78, 5) is 21.2. The highest BCUT2D eigenvalue weighted by molar-refractivity contribution is 7.13. The molecule has 138 valence electrons. The van der Waals surface area contributed by atoms with Gasteiger partial charge < -0.3 is 10.1 Å². The number of hydrogen-bond acceptors (Lipinski definition) is 5. The number of nitrogens with one attached hydrogen (secondary N) is 1. The third-order valence-electron chi connectivity index (χ3n) is 3.97. The molecule has 0 spiro atoms. The highest BCUT2D eigenvalue weighted by Gasteiger charge is 2.09. The summed E-state index contributed by atoms with van der Waals surface area (Å²) < 4.78 is 5.79. The first-order valence-corrected chi connectivity index (χ1v) is 9.62. The zero-order chi connectivity index (χ0) is 19.2. The molecule has 0 aliphatic heterocycles. The van der Waals surface area contributed by atoms with Crippen molar-refractivity contribution in [2.75, 3.05) is 0 Å². The second kappa shape index (κ2) is 8.45. The normalized spacial score (nSPS) is 10.4. The molecule has 0 unspecified atom stereocenters. The standard InChI is InChI=1S/C22H17N3O2S/c26-21(16-6-4-10-20(12-16)27-19-8-2-1-3-9-19)24-14-18-15-28-22(25-18)17-7-5-11-23-13-17/h1-13,15H,14H2,(H,24,26). The number of nitrogens with zero attached hydrogens (tertiary/aromatic N) is 2. The van der Waals surface area contributed by atoms with E-state index in [0.29, 0.717) is 17.9 Å². The van der Waals surface area contributed by atoms with Crippen LogP contribution in [0, 0.1) is 0 Å². The van der Waals surface area contributed by atoms with Gasteiger partial charge in [0.25, 0.3) is 5.91 Å². The zero-order valence-electron chi connectivity index (χ0n) is 14.9. The number of benzene rings is 2. The predicted octanol–water partition coefficient (Wildman–Crippen LogP) is 4.93. The van der Waals surface area contributed by atoms with Crippen molar-refractivity contribution in [2.45, 2.75) is 6.54 Å². The quantitative estimate of drug-likeness (QED) is 0.510. The van der Waals surface area contributed by atoms with E-state index in [2.05, 4.69) is 15.3 Å². The van der Waals surface area contributed by atoms with Crippen LogP contribution in [-0.2, 0) is 6.54 Å². The lowest BCUT2D eigenvalue weighted by Gasteiger charge is -2.08. The van der Waals surface area contributed by atoms with Gasteiger partial charge in [0, 0.05) is 28.9 Å². The third-order valence-corrected chi connectivity index (χ3v) is 4.91. The van der Waals surface area contributed by atoms with E-state index in [1.54, 1.807) is 30.6 Å². The maximum Gasteiger partial charge on any atom is 0.251 e. The number of aromatic nitrogens is 2. The molecule has 5 nitrogen and oxygen atoms in total. The third kappa shape index (κ3) is 4.42. The molecule has 28 heavy (non-hydrogen) atoms. The van der Waals surface area contributed by atoms with E-state index < -0.39 is 0 Å². The van der Waals surface area contributed by atoms with E-state index in [-0.39, 0.29) is 5.91 Å². The fourth-order valence-corrected chi connectivity index (χ4v) is 3.42. The van der Waals surface area contributed by atoms with Gasteiger partial charge in [-0.15, -0.1) is 11.3 Å². The highest BCUT2D eigenvalue weighted by atomic mass is 32.1. The van der Waals surface area contributed by atoms with E-state index in [0.717, 1.165) is 22.0 Å². The fourth-order valence-electron chi connectivity index (χ4n) is 2.61. The molecular weight excluding hydrogens is 370 g/mol. The molecule has 0 saturated carbocycles. The molecular formula is C22H17N3O2S. The van der Waals surface area contributed by atoms with Crippen molar-refractivity contribution in [2.24, 2.45) is 0 Å². The summed E-state index contributed by atoms with van der Waals surface area (Å²) in [6, 6.07) is 20.4. The van der Waals surface area contributed by atoms with E-state index in [4.69, 9.17) is 4.74 Å². The topological polar surface area (TPSA) is 64.1 Å². The van der Waals surface area contributed by atoms with Crippen LogP contribution in [0.25, 0.3) is 10.6 Å². The van der Waals surface area contributed by atoms with E-state index >= 15 is 0 Å². The molecule has 0 aliphatic rings. The maximum atomic E-state index is 12.5. The lowest BCUT2D eigenvalue weighted by molar-refractivity contribution is 0.0950. The number of amides is 1. The Labute approximate surface area is 166 Å². The number of carbonyl (C=O) groups is 1. The molecule has 0 radical (unpaired) electrons. The summed E-state index contributed by atoms with van der Waals surface area (Å²) in [5, 5.41) is 5.73. The molecule has 4 aromatic rings. The Bertz CT molecular complexity index is 1070. The number of pyridine rings is 1. The van der Waals surface area contributed by atoms with E-state index in [1.165, 1.54) is 11.3 Å². The lowest BCUT2D eigenvalue weighted by Crippen LogP contribution is -2.22. The van der Waals surface area contributed by atoms with Gasteiger partial charge in [-0.3, -0.25) is 9.78 Å². The Kier molecular flexibility index (Phi) is 5.40. The fraction of sp³-hybridized carbons (Fsp3) is 0.0455. The van der Waals surface area contributed by atoms with Crippen LogP contribution in [0.15, 0.2) is 84.5 Å². The van der Waals surface area contributed by atoms with Crippen molar-refractivity contribution in [3.05, 3.63) is 95.8 Å². The first kappa shape index (κ1) is 17.9. The monoisotopic (exact) mass is 387 g/mol. The number of para-hydroxylation sites is 1. The first-order valence-electron chi connectivity index (χ1n) is 8.74. The van der Waals surface area contributed by atoms with Crippen molar-refractivity contribution < 1.29 is 9.53 Å². The minimum atomic E-state index is -0.172. The smallest absolute Gasteiger partial charge is 0.251 e. The van der Waals surface area contributed by atoms with E-state index in [1.807, 2.05) is 53.9 Å². The average molecular weight is 387 g/mol. The van der Waals surface area contributed by atoms with Gasteiger partial charge >= 0.3 is 0 Å². The van der Waals surface area contributed by atoms with Crippen LogP contribution < -0.4 is 10.1 Å². The first-order chi connectivity index (χ1) is 13.8. The SMILES string of the molecule is O=C(NCc1csc(-c2cccnc2)n1)c1cccc(Oc2ccccc2)c1. The molecule has 0 saturated heterocycles. The van der Waals surface area contributed by atoms with Crippen molar-refractivity contribution >= 4 is 17.2 Å². The maximum absolute atomic E-state index is 12.5. The van der Waals surface area contributed by atoms with Gasteiger partial charge in [-0.1, -0.05) is 24.3 Å². The van der Waals surface area contributed by atoms with Crippen LogP contribution in [0.4, 0.5) is 0 Å².